The highest BCUT2D eigenvalue weighted by molar-refractivity contribution is 7.09. The Labute approximate surface area is 116 Å². The van der Waals surface area contributed by atoms with E-state index in [1.807, 2.05) is 18.0 Å². The van der Waals surface area contributed by atoms with Crippen molar-refractivity contribution in [2.75, 3.05) is 18.5 Å². The van der Waals surface area contributed by atoms with Crippen LogP contribution < -0.4 is 4.90 Å². The Bertz CT molecular complexity index is 567. The fourth-order valence-corrected chi connectivity index (χ4v) is 2.53. The average Bonchev–Trinajstić information content (AvgIpc) is 2.88. The molecule has 4 nitrogen and oxygen atoms in total. The van der Waals surface area contributed by atoms with Crippen LogP contribution in [-0.4, -0.2) is 29.7 Å². The first kappa shape index (κ1) is 13.5. The van der Waals surface area contributed by atoms with Gasteiger partial charge in [0.1, 0.15) is 5.82 Å². The lowest BCUT2D eigenvalue weighted by Gasteiger charge is -2.18. The fourth-order valence-electron chi connectivity index (χ4n) is 1.83. The maximum atomic E-state index is 10.9. The van der Waals surface area contributed by atoms with Crippen molar-refractivity contribution in [1.82, 2.24) is 4.98 Å². The predicted octanol–water partition coefficient (Wildman–Crippen LogP) is 2.83. The van der Waals surface area contributed by atoms with Crippen LogP contribution in [0.2, 0.25) is 0 Å². The molecule has 0 aliphatic carbocycles. The number of pyridine rings is 1. The van der Waals surface area contributed by atoms with E-state index in [0.717, 1.165) is 18.8 Å². The van der Waals surface area contributed by atoms with Crippen molar-refractivity contribution < 1.29 is 9.90 Å². The normalized spacial score (nSPS) is 10.4. The number of thiophene rings is 1. The van der Waals surface area contributed by atoms with Gasteiger partial charge in [0.2, 0.25) is 0 Å². The number of aromatic carboxylic acids is 1. The summed E-state index contributed by atoms with van der Waals surface area (Å²) in [6.07, 6.45) is 0.968. The molecule has 100 valence electrons. The lowest BCUT2D eigenvalue weighted by atomic mass is 10.2. The lowest BCUT2D eigenvalue weighted by molar-refractivity contribution is 0.0695. The molecule has 1 N–H and O–H groups in total. The minimum atomic E-state index is -0.933. The predicted molar refractivity (Wildman–Crippen MR) is 77.2 cm³/mol. The summed E-state index contributed by atoms with van der Waals surface area (Å²) in [5, 5.41) is 11.0. The quantitative estimate of drug-likeness (QED) is 0.912. The van der Waals surface area contributed by atoms with E-state index in [-0.39, 0.29) is 5.56 Å². The number of carbonyl (C=O) groups is 1. The zero-order valence-corrected chi connectivity index (χ0v) is 11.8. The van der Waals surface area contributed by atoms with Crippen LogP contribution in [-0.2, 0) is 6.42 Å². The second kappa shape index (κ2) is 5.84. The van der Waals surface area contributed by atoms with Crippen LogP contribution in [0, 0.1) is 6.92 Å². The first-order chi connectivity index (χ1) is 9.08. The standard InChI is InChI=1S/C14H16N2O2S/c1-10-12(14(17)18)5-6-13(15-10)16(2)8-7-11-4-3-9-19-11/h3-6,9H,7-8H2,1-2H3,(H,17,18). The monoisotopic (exact) mass is 276 g/mol. The van der Waals surface area contributed by atoms with E-state index in [1.54, 1.807) is 30.4 Å². The van der Waals surface area contributed by atoms with Gasteiger partial charge in [-0.25, -0.2) is 9.78 Å². The topological polar surface area (TPSA) is 53.4 Å². The van der Waals surface area contributed by atoms with Crippen LogP contribution in [0.25, 0.3) is 0 Å². The molecule has 0 bridgehead atoms. The highest BCUT2D eigenvalue weighted by Crippen LogP contribution is 2.15. The molecule has 0 aliphatic heterocycles. The Morgan fingerprint density at radius 2 is 2.21 bits per heavy atom. The molecule has 0 saturated carbocycles. The Morgan fingerprint density at radius 3 is 2.79 bits per heavy atom. The van der Waals surface area contributed by atoms with Crippen LogP contribution in [0.3, 0.4) is 0 Å². The summed E-state index contributed by atoms with van der Waals surface area (Å²) in [5.74, 6) is -0.128. The summed E-state index contributed by atoms with van der Waals surface area (Å²) < 4.78 is 0. The molecule has 2 aromatic heterocycles. The first-order valence-electron chi connectivity index (χ1n) is 6.02. The van der Waals surface area contributed by atoms with Crippen molar-refractivity contribution >= 4 is 23.1 Å². The molecule has 5 heteroatoms. The summed E-state index contributed by atoms with van der Waals surface area (Å²) >= 11 is 1.74. The number of aromatic nitrogens is 1. The minimum Gasteiger partial charge on any atom is -0.478 e. The molecule has 0 saturated heterocycles. The lowest BCUT2D eigenvalue weighted by Crippen LogP contribution is -2.21. The number of aryl methyl sites for hydroxylation is 1. The molecule has 0 spiro atoms. The number of hydrogen-bond acceptors (Lipinski definition) is 4. The summed E-state index contributed by atoms with van der Waals surface area (Å²) in [6.45, 7) is 2.58. The van der Waals surface area contributed by atoms with Crippen molar-refractivity contribution in [3.63, 3.8) is 0 Å². The Hall–Kier alpha value is -1.88. The molecule has 19 heavy (non-hydrogen) atoms. The van der Waals surface area contributed by atoms with Gasteiger partial charge in [0.25, 0.3) is 0 Å². The number of nitrogens with zero attached hydrogens (tertiary/aromatic N) is 2. The van der Waals surface area contributed by atoms with Crippen LogP contribution in [0.5, 0.6) is 0 Å². The number of rotatable bonds is 5. The molecule has 2 rings (SSSR count). The largest absolute Gasteiger partial charge is 0.478 e. The van der Waals surface area contributed by atoms with E-state index in [9.17, 15) is 4.79 Å². The van der Waals surface area contributed by atoms with E-state index in [1.165, 1.54) is 4.88 Å². The van der Waals surface area contributed by atoms with Gasteiger partial charge in [-0.2, -0.15) is 0 Å². The molecule has 2 aromatic rings. The van der Waals surface area contributed by atoms with Gasteiger partial charge in [0.15, 0.2) is 0 Å². The number of hydrogen-bond donors (Lipinski definition) is 1. The highest BCUT2D eigenvalue weighted by atomic mass is 32.1. The number of carboxylic acid groups (broad SMARTS) is 1. The Balaban J connectivity index is 2.05. The third-order valence-electron chi connectivity index (χ3n) is 2.97. The molecule has 0 amide bonds. The molecule has 0 atom stereocenters. The molecule has 2 heterocycles. The van der Waals surface area contributed by atoms with Gasteiger partial charge in [-0.15, -0.1) is 11.3 Å². The van der Waals surface area contributed by atoms with Gasteiger partial charge >= 0.3 is 5.97 Å². The van der Waals surface area contributed by atoms with Crippen molar-refractivity contribution in [3.8, 4) is 0 Å². The second-order valence-electron chi connectivity index (χ2n) is 4.36. The van der Waals surface area contributed by atoms with Crippen LogP contribution >= 0.6 is 11.3 Å². The minimum absolute atomic E-state index is 0.260. The summed E-state index contributed by atoms with van der Waals surface area (Å²) in [5.41, 5.74) is 0.809. The Morgan fingerprint density at radius 1 is 1.42 bits per heavy atom. The van der Waals surface area contributed by atoms with E-state index in [2.05, 4.69) is 16.4 Å². The van der Waals surface area contributed by atoms with Crippen molar-refractivity contribution in [2.24, 2.45) is 0 Å². The van der Waals surface area contributed by atoms with Gasteiger partial charge in [0, 0.05) is 18.5 Å². The van der Waals surface area contributed by atoms with Gasteiger partial charge in [-0.3, -0.25) is 0 Å². The maximum absolute atomic E-state index is 10.9. The van der Waals surface area contributed by atoms with E-state index >= 15 is 0 Å². The van der Waals surface area contributed by atoms with Gasteiger partial charge < -0.3 is 10.0 Å². The fraction of sp³-hybridized carbons (Fsp3) is 0.286. The molecule has 0 radical (unpaired) electrons. The molecule has 0 aromatic carbocycles. The van der Waals surface area contributed by atoms with Crippen LogP contribution in [0.1, 0.15) is 20.9 Å². The third kappa shape index (κ3) is 3.32. The SMILES string of the molecule is Cc1nc(N(C)CCc2cccs2)ccc1C(=O)O. The average molecular weight is 276 g/mol. The van der Waals surface area contributed by atoms with Crippen LogP contribution in [0.4, 0.5) is 5.82 Å². The van der Waals surface area contributed by atoms with E-state index in [0.29, 0.717) is 5.69 Å². The van der Waals surface area contributed by atoms with Crippen molar-refractivity contribution in [1.29, 1.82) is 0 Å². The van der Waals surface area contributed by atoms with Gasteiger partial charge in [-0.05, 0) is 36.9 Å². The molecular formula is C14H16N2O2S. The second-order valence-corrected chi connectivity index (χ2v) is 5.39. The van der Waals surface area contributed by atoms with Crippen molar-refractivity contribution in [2.45, 2.75) is 13.3 Å². The van der Waals surface area contributed by atoms with Crippen molar-refractivity contribution in [3.05, 3.63) is 45.8 Å². The molecular weight excluding hydrogens is 260 g/mol. The summed E-state index contributed by atoms with van der Waals surface area (Å²) in [6, 6.07) is 7.53. The zero-order valence-electron chi connectivity index (χ0n) is 11.0. The number of likely N-dealkylation sites (N-methyl/N-ethyl adjacent to an activating group) is 1. The molecule has 0 aliphatic rings. The smallest absolute Gasteiger partial charge is 0.337 e. The maximum Gasteiger partial charge on any atom is 0.337 e. The highest BCUT2D eigenvalue weighted by Gasteiger charge is 2.10. The first-order valence-corrected chi connectivity index (χ1v) is 6.90. The van der Waals surface area contributed by atoms with Gasteiger partial charge in [-0.1, -0.05) is 6.07 Å². The number of anilines is 1. The summed E-state index contributed by atoms with van der Waals surface area (Å²) in [4.78, 5) is 18.7. The van der Waals surface area contributed by atoms with E-state index in [4.69, 9.17) is 5.11 Å². The number of carboxylic acids is 1. The van der Waals surface area contributed by atoms with Crippen LogP contribution in [0.15, 0.2) is 29.6 Å². The summed E-state index contributed by atoms with van der Waals surface area (Å²) in [7, 11) is 1.97. The molecule has 0 fully saturated rings. The van der Waals surface area contributed by atoms with Gasteiger partial charge in [0.05, 0.1) is 11.3 Å². The zero-order chi connectivity index (χ0) is 13.8. The Kier molecular flexibility index (Phi) is 4.16. The van der Waals surface area contributed by atoms with E-state index < -0.39 is 5.97 Å². The molecule has 0 unspecified atom stereocenters. The third-order valence-corrected chi connectivity index (χ3v) is 3.90.